The van der Waals surface area contributed by atoms with Crippen molar-refractivity contribution in [1.29, 1.82) is 0 Å². The number of aliphatic hydroxyl groups excluding tert-OH is 2. The zero-order valence-electron chi connectivity index (χ0n) is 5.93. The fraction of sp³-hybridized carbons (Fsp3) is 1.00. The Balaban J connectivity index is 3.51. The van der Waals surface area contributed by atoms with Gasteiger partial charge in [-0.25, -0.2) is 0 Å². The molecule has 0 rings (SSSR count). The summed E-state index contributed by atoms with van der Waals surface area (Å²) in [6.07, 6.45) is -5.35. The first kappa shape index (κ1) is 10.7. The highest BCUT2D eigenvalue weighted by Gasteiger charge is 2.27. The lowest BCUT2D eigenvalue weighted by molar-refractivity contribution is -0.138. The smallest absolute Gasteiger partial charge is 0.389 e. The molecule has 0 aromatic heterocycles. The fourth-order valence-electron chi connectivity index (χ4n) is 0.608. The Morgan fingerprint density at radius 3 is 1.82 bits per heavy atom. The Morgan fingerprint density at radius 2 is 1.55 bits per heavy atom. The van der Waals surface area contributed by atoms with Crippen molar-refractivity contribution in [3.8, 4) is 0 Å². The third-order valence-electron chi connectivity index (χ3n) is 1.35. The molecule has 0 fully saturated rings. The summed E-state index contributed by atoms with van der Waals surface area (Å²) in [6.45, 7) is -0.792. The molecule has 0 spiro atoms. The van der Waals surface area contributed by atoms with Crippen molar-refractivity contribution >= 4 is 0 Å². The maximum Gasteiger partial charge on any atom is 0.389 e. The Kier molecular flexibility index (Phi) is 4.44. The summed E-state index contributed by atoms with van der Waals surface area (Å²) in [7, 11) is 0. The van der Waals surface area contributed by atoms with Crippen LogP contribution in [-0.2, 0) is 0 Å². The van der Waals surface area contributed by atoms with Crippen molar-refractivity contribution < 1.29 is 23.4 Å². The number of alkyl halides is 3. The minimum Gasteiger partial charge on any atom is -0.396 e. The van der Waals surface area contributed by atoms with Crippen molar-refractivity contribution in [1.82, 2.24) is 0 Å². The second-order valence-corrected chi connectivity index (χ2v) is 2.39. The van der Waals surface area contributed by atoms with Crippen LogP contribution in [0.15, 0.2) is 0 Å². The molecular weight excluding hydrogens is 161 g/mol. The molecule has 0 radical (unpaired) electrons. The number of rotatable bonds is 4. The van der Waals surface area contributed by atoms with Crippen molar-refractivity contribution in [2.45, 2.75) is 19.0 Å². The number of halogens is 3. The maximum atomic E-state index is 11.5. The summed E-state index contributed by atoms with van der Waals surface area (Å²) in [5.74, 6) is -0.642. The molecule has 0 amide bonds. The third kappa shape index (κ3) is 6.12. The van der Waals surface area contributed by atoms with E-state index in [-0.39, 0.29) is 6.42 Å². The van der Waals surface area contributed by atoms with E-state index in [2.05, 4.69) is 0 Å². The monoisotopic (exact) mass is 172 g/mol. The SMILES string of the molecule is OCC(CO)CCC(F)(F)F. The highest BCUT2D eigenvalue weighted by atomic mass is 19.4. The van der Waals surface area contributed by atoms with Gasteiger partial charge in [0.15, 0.2) is 0 Å². The number of hydrogen-bond acceptors (Lipinski definition) is 2. The van der Waals surface area contributed by atoms with E-state index in [9.17, 15) is 13.2 Å². The average molecular weight is 172 g/mol. The van der Waals surface area contributed by atoms with Gasteiger partial charge in [-0.3, -0.25) is 0 Å². The van der Waals surface area contributed by atoms with E-state index in [1.165, 1.54) is 0 Å². The zero-order chi connectivity index (χ0) is 8.91. The van der Waals surface area contributed by atoms with Crippen LogP contribution >= 0.6 is 0 Å². The molecule has 0 unspecified atom stereocenters. The molecule has 0 aromatic rings. The van der Waals surface area contributed by atoms with E-state index in [4.69, 9.17) is 10.2 Å². The van der Waals surface area contributed by atoms with E-state index < -0.39 is 31.7 Å². The van der Waals surface area contributed by atoms with Gasteiger partial charge in [0.1, 0.15) is 0 Å². The van der Waals surface area contributed by atoms with Crippen LogP contribution in [0.1, 0.15) is 12.8 Å². The molecule has 0 atom stereocenters. The van der Waals surface area contributed by atoms with Crippen LogP contribution in [0.4, 0.5) is 13.2 Å². The standard InChI is InChI=1S/C6H11F3O2/c7-6(8,9)2-1-5(3-10)4-11/h5,10-11H,1-4H2. The lowest BCUT2D eigenvalue weighted by Gasteiger charge is -2.11. The van der Waals surface area contributed by atoms with E-state index in [0.29, 0.717) is 0 Å². The topological polar surface area (TPSA) is 40.5 Å². The van der Waals surface area contributed by atoms with Crippen LogP contribution in [0.25, 0.3) is 0 Å². The predicted octanol–water partition coefficient (Wildman–Crippen LogP) is 0.930. The van der Waals surface area contributed by atoms with Crippen LogP contribution < -0.4 is 0 Å². The van der Waals surface area contributed by atoms with Gasteiger partial charge in [0.2, 0.25) is 0 Å². The minimum absolute atomic E-state index is 0.212. The van der Waals surface area contributed by atoms with Crippen molar-refractivity contribution in [3.63, 3.8) is 0 Å². The summed E-state index contributed by atoms with van der Waals surface area (Å²) in [5.41, 5.74) is 0. The van der Waals surface area contributed by atoms with Crippen LogP contribution in [0.3, 0.4) is 0 Å². The van der Waals surface area contributed by atoms with Gasteiger partial charge >= 0.3 is 6.18 Å². The van der Waals surface area contributed by atoms with Gasteiger partial charge in [-0.2, -0.15) is 13.2 Å². The van der Waals surface area contributed by atoms with E-state index in [1.54, 1.807) is 0 Å². The molecule has 0 aliphatic rings. The summed E-state index contributed by atoms with van der Waals surface area (Å²) < 4.78 is 34.6. The van der Waals surface area contributed by atoms with Gasteiger partial charge < -0.3 is 10.2 Å². The molecule has 0 bridgehead atoms. The molecule has 2 N–H and O–H groups in total. The molecule has 2 nitrogen and oxygen atoms in total. The van der Waals surface area contributed by atoms with E-state index in [1.807, 2.05) is 0 Å². The lowest BCUT2D eigenvalue weighted by Crippen LogP contribution is -2.16. The molecule has 0 saturated carbocycles. The van der Waals surface area contributed by atoms with Gasteiger partial charge in [0.05, 0.1) is 0 Å². The van der Waals surface area contributed by atoms with E-state index >= 15 is 0 Å². The summed E-state index contributed by atoms with van der Waals surface area (Å²) >= 11 is 0. The third-order valence-corrected chi connectivity index (χ3v) is 1.35. The molecule has 0 saturated heterocycles. The van der Waals surface area contributed by atoms with Gasteiger partial charge in [0, 0.05) is 25.6 Å². The van der Waals surface area contributed by atoms with E-state index in [0.717, 1.165) is 0 Å². The number of aliphatic hydroxyl groups is 2. The largest absolute Gasteiger partial charge is 0.396 e. The molecule has 5 heteroatoms. The molecule has 0 aliphatic heterocycles. The first-order valence-electron chi connectivity index (χ1n) is 3.28. The highest BCUT2D eigenvalue weighted by molar-refractivity contribution is 4.59. The summed E-state index contributed by atoms with van der Waals surface area (Å²) in [5, 5.41) is 16.8. The van der Waals surface area contributed by atoms with Crippen molar-refractivity contribution in [3.05, 3.63) is 0 Å². The Labute approximate surface area is 62.6 Å². The van der Waals surface area contributed by atoms with Crippen LogP contribution in [0.5, 0.6) is 0 Å². The molecule has 0 heterocycles. The van der Waals surface area contributed by atoms with Crippen molar-refractivity contribution in [2.75, 3.05) is 13.2 Å². The number of hydrogen-bond donors (Lipinski definition) is 2. The first-order chi connectivity index (χ1) is 4.99. The maximum absolute atomic E-state index is 11.5. The Bertz CT molecular complexity index is 98.5. The van der Waals surface area contributed by atoms with Crippen LogP contribution in [0.2, 0.25) is 0 Å². The molecular formula is C6H11F3O2. The van der Waals surface area contributed by atoms with Crippen molar-refractivity contribution in [2.24, 2.45) is 5.92 Å². The van der Waals surface area contributed by atoms with Gasteiger partial charge in [0.25, 0.3) is 0 Å². The second-order valence-electron chi connectivity index (χ2n) is 2.39. The summed E-state index contributed by atoms with van der Waals surface area (Å²) in [6, 6.07) is 0. The van der Waals surface area contributed by atoms with Crippen LogP contribution in [0, 0.1) is 5.92 Å². The average Bonchev–Trinajstić information content (AvgIpc) is 1.88. The van der Waals surface area contributed by atoms with Gasteiger partial charge in [-0.05, 0) is 6.42 Å². The quantitative estimate of drug-likeness (QED) is 0.662. The highest BCUT2D eigenvalue weighted by Crippen LogP contribution is 2.23. The van der Waals surface area contributed by atoms with Gasteiger partial charge in [-0.1, -0.05) is 0 Å². The molecule has 11 heavy (non-hydrogen) atoms. The first-order valence-corrected chi connectivity index (χ1v) is 3.28. The predicted molar refractivity (Wildman–Crippen MR) is 33.0 cm³/mol. The normalized spacial score (nSPS) is 12.5. The van der Waals surface area contributed by atoms with Gasteiger partial charge in [-0.15, -0.1) is 0 Å². The minimum atomic E-state index is -4.19. The Hall–Kier alpha value is -0.290. The zero-order valence-corrected chi connectivity index (χ0v) is 5.93. The molecule has 68 valence electrons. The molecule has 0 aliphatic carbocycles. The lowest BCUT2D eigenvalue weighted by atomic mass is 10.1. The summed E-state index contributed by atoms with van der Waals surface area (Å²) in [4.78, 5) is 0. The molecule has 0 aromatic carbocycles. The fourth-order valence-corrected chi connectivity index (χ4v) is 0.608. The second kappa shape index (κ2) is 4.56. The Morgan fingerprint density at radius 1 is 1.09 bits per heavy atom. The van der Waals surface area contributed by atoms with Crippen LogP contribution in [-0.4, -0.2) is 29.6 Å².